The van der Waals surface area contributed by atoms with Crippen molar-refractivity contribution >= 4 is 18.0 Å². The first-order valence-corrected chi connectivity index (χ1v) is 9.16. The van der Waals surface area contributed by atoms with Crippen LogP contribution in [0.5, 0.6) is 11.5 Å². The summed E-state index contributed by atoms with van der Waals surface area (Å²) in [6.07, 6.45) is -2.37. The number of carboxylic acids is 1. The second kappa shape index (κ2) is 10.5. The molecule has 9 nitrogen and oxygen atoms in total. The molecule has 0 heterocycles. The van der Waals surface area contributed by atoms with E-state index in [1.165, 1.54) is 7.11 Å². The molecule has 2 N–H and O–H groups in total. The van der Waals surface area contributed by atoms with E-state index in [2.05, 4.69) is 5.32 Å². The quantitative estimate of drug-likeness (QED) is 0.595. The molecule has 1 amide bonds. The lowest BCUT2D eigenvalue weighted by molar-refractivity contribution is -0.164. The van der Waals surface area contributed by atoms with Crippen molar-refractivity contribution < 1.29 is 38.4 Å². The monoisotopic (exact) mass is 411 g/mol. The minimum atomic E-state index is -1.60. The largest absolute Gasteiger partial charge is 0.493 e. The fourth-order valence-electron chi connectivity index (χ4n) is 2.55. The Labute approximate surface area is 170 Å². The van der Waals surface area contributed by atoms with Gasteiger partial charge in [0.2, 0.25) is 6.10 Å². The molecule has 1 rings (SSSR count). The van der Waals surface area contributed by atoms with Gasteiger partial charge in [0.25, 0.3) is 0 Å². The Kier molecular flexibility index (Phi) is 8.75. The van der Waals surface area contributed by atoms with E-state index >= 15 is 0 Å². The minimum Gasteiger partial charge on any atom is -0.493 e. The zero-order chi connectivity index (χ0) is 22.2. The van der Waals surface area contributed by atoms with Crippen LogP contribution in [0.1, 0.15) is 40.2 Å². The van der Waals surface area contributed by atoms with Gasteiger partial charge in [0.05, 0.1) is 19.8 Å². The van der Waals surface area contributed by atoms with Gasteiger partial charge in [-0.05, 0) is 51.8 Å². The van der Waals surface area contributed by atoms with Crippen LogP contribution in [0.15, 0.2) is 18.2 Å². The van der Waals surface area contributed by atoms with Gasteiger partial charge in [-0.2, -0.15) is 0 Å². The summed E-state index contributed by atoms with van der Waals surface area (Å²) in [4.78, 5) is 35.3. The lowest BCUT2D eigenvalue weighted by Crippen LogP contribution is -2.51. The molecule has 0 saturated heterocycles. The van der Waals surface area contributed by atoms with Crippen molar-refractivity contribution in [2.45, 2.75) is 58.8 Å². The van der Waals surface area contributed by atoms with Crippen LogP contribution in [0.4, 0.5) is 4.79 Å². The Bertz CT molecular complexity index is 726. The lowest BCUT2D eigenvalue weighted by Gasteiger charge is -2.27. The fourth-order valence-corrected chi connectivity index (χ4v) is 2.55. The van der Waals surface area contributed by atoms with Crippen molar-refractivity contribution in [1.29, 1.82) is 0 Å². The maximum absolute atomic E-state index is 12.2. The molecule has 0 radical (unpaired) electrons. The fraction of sp³-hybridized carbons (Fsp3) is 0.550. The second-order valence-electron chi connectivity index (χ2n) is 7.24. The van der Waals surface area contributed by atoms with Crippen LogP contribution in [0, 0.1) is 0 Å². The van der Waals surface area contributed by atoms with Gasteiger partial charge >= 0.3 is 18.0 Å². The number of amides is 1. The van der Waals surface area contributed by atoms with E-state index in [1.54, 1.807) is 39.0 Å². The third kappa shape index (κ3) is 8.28. The highest BCUT2D eigenvalue weighted by atomic mass is 16.6. The molecule has 2 unspecified atom stereocenters. The predicted molar refractivity (Wildman–Crippen MR) is 104 cm³/mol. The summed E-state index contributed by atoms with van der Waals surface area (Å²) in [5, 5.41) is 12.0. The van der Waals surface area contributed by atoms with E-state index < -0.39 is 35.8 Å². The Morgan fingerprint density at radius 2 is 1.83 bits per heavy atom. The van der Waals surface area contributed by atoms with E-state index in [0.29, 0.717) is 23.7 Å². The Morgan fingerprint density at radius 3 is 2.31 bits per heavy atom. The first kappa shape index (κ1) is 24.1. The molecule has 29 heavy (non-hydrogen) atoms. The van der Waals surface area contributed by atoms with Crippen molar-refractivity contribution in [2.24, 2.45) is 0 Å². The van der Waals surface area contributed by atoms with Crippen LogP contribution in [-0.2, 0) is 25.5 Å². The summed E-state index contributed by atoms with van der Waals surface area (Å²) in [6.45, 7) is 8.37. The maximum Gasteiger partial charge on any atom is 0.408 e. The van der Waals surface area contributed by atoms with Crippen LogP contribution in [0.25, 0.3) is 0 Å². The van der Waals surface area contributed by atoms with Crippen LogP contribution < -0.4 is 14.8 Å². The highest BCUT2D eigenvalue weighted by Crippen LogP contribution is 2.29. The molecule has 0 aliphatic carbocycles. The first-order chi connectivity index (χ1) is 13.5. The number of methoxy groups -OCH3 is 1. The Morgan fingerprint density at radius 1 is 1.17 bits per heavy atom. The molecule has 0 aromatic heterocycles. The summed E-state index contributed by atoms with van der Waals surface area (Å²) in [6, 6.07) is 3.98. The highest BCUT2D eigenvalue weighted by Gasteiger charge is 2.34. The van der Waals surface area contributed by atoms with E-state index in [1.807, 2.05) is 6.92 Å². The molecule has 0 aliphatic heterocycles. The number of rotatable bonds is 9. The second-order valence-corrected chi connectivity index (χ2v) is 7.24. The van der Waals surface area contributed by atoms with Gasteiger partial charge < -0.3 is 29.4 Å². The number of ether oxygens (including phenoxy) is 4. The molecule has 9 heteroatoms. The van der Waals surface area contributed by atoms with E-state index in [0.717, 1.165) is 6.92 Å². The predicted octanol–water partition coefficient (Wildman–Crippen LogP) is 2.55. The summed E-state index contributed by atoms with van der Waals surface area (Å²) < 4.78 is 20.9. The zero-order valence-electron chi connectivity index (χ0n) is 17.6. The molecule has 0 aliphatic rings. The third-order valence-electron chi connectivity index (χ3n) is 3.59. The summed E-state index contributed by atoms with van der Waals surface area (Å²) in [5.41, 5.74) is -0.134. The summed E-state index contributed by atoms with van der Waals surface area (Å²) in [7, 11) is 1.51. The first-order valence-electron chi connectivity index (χ1n) is 9.16. The molecular weight excluding hydrogens is 382 g/mol. The number of alkyl carbamates (subject to hydrolysis) is 1. The number of carboxylic acid groups (broad SMARTS) is 1. The van der Waals surface area contributed by atoms with Crippen LogP contribution in [0.3, 0.4) is 0 Å². The standard InChI is InChI=1S/C20H29NO8/c1-7-27-16-11-13(8-9-15(16)26-6)10-14(17(18(23)24)28-12(2)22)21-19(25)29-20(3,4)5/h8-9,11,14,17H,7,10H2,1-6H3,(H,21,25)(H,23,24). The van der Waals surface area contributed by atoms with E-state index in [4.69, 9.17) is 18.9 Å². The van der Waals surface area contributed by atoms with Crippen LogP contribution in [-0.4, -0.2) is 54.6 Å². The lowest BCUT2D eigenvalue weighted by atomic mass is 10.0. The SMILES string of the molecule is CCOc1cc(CC(NC(=O)OC(C)(C)C)C(OC(C)=O)C(=O)O)ccc1OC. The van der Waals surface area contributed by atoms with Gasteiger partial charge in [-0.3, -0.25) is 4.79 Å². The van der Waals surface area contributed by atoms with Crippen molar-refractivity contribution in [3.8, 4) is 11.5 Å². The van der Waals surface area contributed by atoms with Gasteiger partial charge in [-0.1, -0.05) is 6.07 Å². The average molecular weight is 411 g/mol. The molecule has 0 spiro atoms. The van der Waals surface area contributed by atoms with Gasteiger partial charge in [0, 0.05) is 6.92 Å². The Balaban J connectivity index is 3.18. The highest BCUT2D eigenvalue weighted by molar-refractivity contribution is 5.79. The number of nitrogens with one attached hydrogen (secondary N) is 1. The maximum atomic E-state index is 12.2. The topological polar surface area (TPSA) is 120 Å². The minimum absolute atomic E-state index is 0.0492. The van der Waals surface area contributed by atoms with E-state index in [-0.39, 0.29) is 6.42 Å². The van der Waals surface area contributed by atoms with Gasteiger partial charge in [0.1, 0.15) is 5.60 Å². The number of hydrogen-bond acceptors (Lipinski definition) is 7. The molecular formula is C20H29NO8. The van der Waals surface area contributed by atoms with E-state index in [9.17, 15) is 19.5 Å². The molecule has 162 valence electrons. The van der Waals surface area contributed by atoms with Crippen molar-refractivity contribution in [3.63, 3.8) is 0 Å². The van der Waals surface area contributed by atoms with Gasteiger partial charge in [-0.15, -0.1) is 0 Å². The molecule has 1 aromatic rings. The average Bonchev–Trinajstić information content (AvgIpc) is 2.57. The number of aliphatic carboxylic acids is 1. The third-order valence-corrected chi connectivity index (χ3v) is 3.59. The number of carbonyl (C=O) groups is 3. The molecule has 0 saturated carbocycles. The van der Waals surface area contributed by atoms with Crippen LogP contribution in [0.2, 0.25) is 0 Å². The van der Waals surface area contributed by atoms with Crippen molar-refractivity contribution in [3.05, 3.63) is 23.8 Å². The van der Waals surface area contributed by atoms with Crippen LogP contribution >= 0.6 is 0 Å². The molecule has 1 aromatic carbocycles. The Hall–Kier alpha value is -2.97. The van der Waals surface area contributed by atoms with Gasteiger partial charge in [0.15, 0.2) is 11.5 Å². The zero-order valence-corrected chi connectivity index (χ0v) is 17.6. The van der Waals surface area contributed by atoms with Crippen molar-refractivity contribution in [1.82, 2.24) is 5.32 Å². The number of esters is 1. The number of benzene rings is 1. The number of hydrogen-bond donors (Lipinski definition) is 2. The number of carbonyl (C=O) groups excluding carboxylic acids is 2. The summed E-state index contributed by atoms with van der Waals surface area (Å²) in [5.74, 6) is -1.18. The van der Waals surface area contributed by atoms with Crippen molar-refractivity contribution in [2.75, 3.05) is 13.7 Å². The molecule has 0 bridgehead atoms. The summed E-state index contributed by atoms with van der Waals surface area (Å²) >= 11 is 0. The molecule has 2 atom stereocenters. The smallest absolute Gasteiger partial charge is 0.408 e. The van der Waals surface area contributed by atoms with Gasteiger partial charge in [-0.25, -0.2) is 9.59 Å². The molecule has 0 fully saturated rings. The normalized spacial score (nSPS) is 13.0.